The average Bonchev–Trinajstić information content (AvgIpc) is 3.48. The topological polar surface area (TPSA) is 110 Å². The third-order valence-electron chi connectivity index (χ3n) is 7.87. The lowest BCUT2D eigenvalue weighted by Crippen LogP contribution is -2.34. The van der Waals surface area contributed by atoms with E-state index < -0.39 is 17.6 Å². The number of benzene rings is 3. The minimum atomic E-state index is -4.56. The number of carbonyl (C=O) groups excluding carboxylic acids is 3. The number of rotatable bonds is 9. The lowest BCUT2D eigenvalue weighted by molar-refractivity contribution is -0.137. The molecule has 0 saturated heterocycles. The van der Waals surface area contributed by atoms with E-state index in [-0.39, 0.29) is 17.4 Å². The molecule has 5 rings (SSSR count). The van der Waals surface area contributed by atoms with Crippen LogP contribution in [0.25, 0.3) is 11.6 Å². The third-order valence-corrected chi connectivity index (χ3v) is 7.87. The van der Waals surface area contributed by atoms with Crippen LogP contribution in [0.15, 0.2) is 66.7 Å². The molecule has 0 fully saturated rings. The molecule has 1 aliphatic heterocycles. The van der Waals surface area contributed by atoms with Crippen LogP contribution in [0.1, 0.15) is 48.8 Å². The zero-order valence-corrected chi connectivity index (χ0v) is 26.6. The van der Waals surface area contributed by atoms with Crippen molar-refractivity contribution in [3.05, 3.63) is 106 Å². The summed E-state index contributed by atoms with van der Waals surface area (Å²) in [4.78, 5) is 45.9. The number of aryl methyl sites for hydroxylation is 1. The molecule has 0 aliphatic carbocycles. The second kappa shape index (κ2) is 13.2. The number of fused-ring (bicyclic) bond motifs is 1. The predicted octanol–water partition coefficient (Wildman–Crippen LogP) is 6.77. The maximum atomic E-state index is 13.2. The highest BCUT2D eigenvalue weighted by Gasteiger charge is 2.31. The normalized spacial score (nSPS) is 13.5. The number of aromatic nitrogens is 1. The van der Waals surface area contributed by atoms with Gasteiger partial charge in [0.05, 0.1) is 22.4 Å². The van der Waals surface area contributed by atoms with Crippen molar-refractivity contribution in [2.75, 3.05) is 50.2 Å². The number of H-pyrrole nitrogens is 1. The Hall–Kier alpha value is -5.36. The first-order valence-electron chi connectivity index (χ1n) is 14.8. The Morgan fingerprint density at radius 3 is 2.32 bits per heavy atom. The van der Waals surface area contributed by atoms with Crippen molar-refractivity contribution in [3.8, 4) is 0 Å². The summed E-state index contributed by atoms with van der Waals surface area (Å²) < 4.78 is 39.2. The highest BCUT2D eigenvalue weighted by atomic mass is 19.4. The molecule has 0 saturated carbocycles. The van der Waals surface area contributed by atoms with Crippen molar-refractivity contribution in [1.29, 1.82) is 0 Å². The number of hydrogen-bond donors (Lipinski definition) is 4. The number of anilines is 4. The zero-order valence-electron chi connectivity index (χ0n) is 26.6. The van der Waals surface area contributed by atoms with E-state index in [9.17, 15) is 27.6 Å². The van der Waals surface area contributed by atoms with E-state index >= 15 is 0 Å². The molecule has 12 heteroatoms. The number of amides is 3. The number of likely N-dealkylation sites (N-methyl/N-ethyl adjacent to an activating group) is 2. The van der Waals surface area contributed by atoms with Gasteiger partial charge in [-0.15, -0.1) is 0 Å². The van der Waals surface area contributed by atoms with E-state index in [1.165, 1.54) is 12.1 Å². The standard InChI is InChI=1S/C35H35F3N6O3/c1-20-29(39-21(2)31(20)34(47)44(5)15-14-43(3)4)19-28-27-13-12-26(18-30(27)42-33(28)46)40-24-10-7-11-25(17-24)41-32(45)22-8-6-9-23(16-22)35(36,37)38/h6-13,16-19,39-40H,14-15H2,1-5H3,(H,41,45)(H,42,46). The van der Waals surface area contributed by atoms with Crippen molar-refractivity contribution in [2.45, 2.75) is 20.0 Å². The summed E-state index contributed by atoms with van der Waals surface area (Å²) in [6, 6.07) is 16.4. The number of alkyl halides is 3. The lowest BCUT2D eigenvalue weighted by Gasteiger charge is -2.20. The van der Waals surface area contributed by atoms with Crippen molar-refractivity contribution >= 4 is 52.1 Å². The van der Waals surface area contributed by atoms with Gasteiger partial charge in [-0.05, 0) is 88.1 Å². The molecule has 0 atom stereocenters. The first-order chi connectivity index (χ1) is 22.2. The number of halogens is 3. The predicted molar refractivity (Wildman–Crippen MR) is 178 cm³/mol. The van der Waals surface area contributed by atoms with E-state index in [1.54, 1.807) is 48.4 Å². The average molecular weight is 645 g/mol. The Kier molecular flexibility index (Phi) is 9.25. The van der Waals surface area contributed by atoms with Crippen LogP contribution in [0.4, 0.5) is 35.9 Å². The van der Waals surface area contributed by atoms with Crippen LogP contribution in [-0.2, 0) is 11.0 Å². The molecule has 4 aromatic rings. The van der Waals surface area contributed by atoms with E-state index in [0.717, 1.165) is 29.9 Å². The van der Waals surface area contributed by atoms with Gasteiger partial charge in [-0.1, -0.05) is 18.2 Å². The third kappa shape index (κ3) is 7.39. The van der Waals surface area contributed by atoms with Gasteiger partial charge in [0.1, 0.15) is 0 Å². The van der Waals surface area contributed by atoms with Gasteiger partial charge in [-0.2, -0.15) is 13.2 Å². The highest BCUT2D eigenvalue weighted by Crippen LogP contribution is 2.37. The van der Waals surface area contributed by atoms with Crippen molar-refractivity contribution in [3.63, 3.8) is 0 Å². The summed E-state index contributed by atoms with van der Waals surface area (Å²) in [5.74, 6) is -1.04. The molecule has 3 amide bonds. The van der Waals surface area contributed by atoms with Crippen LogP contribution < -0.4 is 16.0 Å². The van der Waals surface area contributed by atoms with Crippen LogP contribution in [0.3, 0.4) is 0 Å². The summed E-state index contributed by atoms with van der Waals surface area (Å²) in [7, 11) is 5.68. The van der Waals surface area contributed by atoms with Gasteiger partial charge >= 0.3 is 6.18 Å². The molecule has 0 radical (unpaired) electrons. The smallest absolute Gasteiger partial charge is 0.358 e. The van der Waals surface area contributed by atoms with Crippen LogP contribution >= 0.6 is 0 Å². The second-order valence-corrected chi connectivity index (χ2v) is 11.7. The van der Waals surface area contributed by atoms with Gasteiger partial charge in [-0.3, -0.25) is 14.4 Å². The Bertz CT molecular complexity index is 1890. The summed E-state index contributed by atoms with van der Waals surface area (Å²) >= 11 is 0. The SMILES string of the molecule is Cc1[nH]c(C=C2C(=O)Nc3cc(Nc4cccc(NC(=O)c5cccc(C(F)(F)F)c5)c4)ccc32)c(C)c1C(=O)N(C)CCN(C)C. The summed E-state index contributed by atoms with van der Waals surface area (Å²) in [5.41, 5.74) is 5.14. The molecule has 47 heavy (non-hydrogen) atoms. The summed E-state index contributed by atoms with van der Waals surface area (Å²) in [6.07, 6.45) is -2.80. The van der Waals surface area contributed by atoms with E-state index in [4.69, 9.17) is 0 Å². The maximum Gasteiger partial charge on any atom is 0.416 e. The molecule has 3 aromatic carbocycles. The van der Waals surface area contributed by atoms with Gasteiger partial charge in [-0.25, -0.2) is 0 Å². The summed E-state index contributed by atoms with van der Waals surface area (Å²) in [6.45, 7) is 5.02. The molecule has 0 bridgehead atoms. The van der Waals surface area contributed by atoms with E-state index in [0.29, 0.717) is 51.7 Å². The van der Waals surface area contributed by atoms with Crippen LogP contribution in [0.5, 0.6) is 0 Å². The molecular formula is C35H35F3N6O3. The van der Waals surface area contributed by atoms with Crippen molar-refractivity contribution in [2.24, 2.45) is 0 Å². The molecule has 2 heterocycles. The molecule has 244 valence electrons. The maximum absolute atomic E-state index is 13.2. The number of nitrogens with one attached hydrogen (secondary N) is 4. The minimum Gasteiger partial charge on any atom is -0.358 e. The van der Waals surface area contributed by atoms with Crippen LogP contribution in [0.2, 0.25) is 0 Å². The van der Waals surface area contributed by atoms with Gasteiger partial charge in [0, 0.05) is 59.7 Å². The lowest BCUT2D eigenvalue weighted by atomic mass is 10.0. The first-order valence-corrected chi connectivity index (χ1v) is 14.8. The zero-order chi connectivity index (χ0) is 34.0. The Morgan fingerprint density at radius 1 is 0.894 bits per heavy atom. The number of nitrogens with zero attached hydrogens (tertiary/aromatic N) is 2. The fraction of sp³-hybridized carbons (Fsp3) is 0.229. The fourth-order valence-electron chi connectivity index (χ4n) is 5.32. The number of hydrogen-bond acceptors (Lipinski definition) is 5. The fourth-order valence-corrected chi connectivity index (χ4v) is 5.32. The largest absolute Gasteiger partial charge is 0.416 e. The quantitative estimate of drug-likeness (QED) is 0.150. The number of carbonyl (C=O) groups is 3. The van der Waals surface area contributed by atoms with Gasteiger partial charge < -0.3 is 30.7 Å². The van der Waals surface area contributed by atoms with Gasteiger partial charge in [0.2, 0.25) is 0 Å². The Morgan fingerprint density at radius 2 is 1.60 bits per heavy atom. The summed E-state index contributed by atoms with van der Waals surface area (Å²) in [5, 5.41) is 8.76. The molecule has 1 aromatic heterocycles. The van der Waals surface area contributed by atoms with E-state index in [1.807, 2.05) is 45.0 Å². The van der Waals surface area contributed by atoms with Crippen LogP contribution in [0, 0.1) is 13.8 Å². The van der Waals surface area contributed by atoms with Gasteiger partial charge in [0.25, 0.3) is 17.7 Å². The monoisotopic (exact) mass is 644 g/mol. The first kappa shape index (κ1) is 33.0. The van der Waals surface area contributed by atoms with Crippen molar-refractivity contribution in [1.82, 2.24) is 14.8 Å². The molecule has 0 spiro atoms. The Balaban J connectivity index is 1.31. The molecule has 9 nitrogen and oxygen atoms in total. The minimum absolute atomic E-state index is 0.0889. The Labute approximate surface area is 270 Å². The number of aromatic amines is 1. The van der Waals surface area contributed by atoms with Crippen LogP contribution in [-0.4, -0.2) is 66.7 Å². The van der Waals surface area contributed by atoms with E-state index in [2.05, 4.69) is 20.9 Å². The highest BCUT2D eigenvalue weighted by molar-refractivity contribution is 6.35. The molecule has 1 aliphatic rings. The molecular weight excluding hydrogens is 609 g/mol. The second-order valence-electron chi connectivity index (χ2n) is 11.7. The van der Waals surface area contributed by atoms with Gasteiger partial charge in [0.15, 0.2) is 0 Å². The molecule has 4 N–H and O–H groups in total. The molecule has 0 unspecified atom stereocenters. The van der Waals surface area contributed by atoms with Crippen molar-refractivity contribution < 1.29 is 27.6 Å².